The second-order valence-electron chi connectivity index (χ2n) is 4.49. The number of nitrogens with one attached hydrogen (secondary N) is 2. The van der Waals surface area contributed by atoms with Crippen LogP contribution in [0, 0.1) is 6.92 Å². The van der Waals surface area contributed by atoms with Crippen molar-refractivity contribution in [1.29, 1.82) is 0 Å². The Morgan fingerprint density at radius 1 is 1.58 bits per heavy atom. The lowest BCUT2D eigenvalue weighted by atomic mass is 10.1. The largest absolute Gasteiger partial charge is 0.353 e. The molecule has 102 valence electrons. The van der Waals surface area contributed by atoms with E-state index in [1.54, 1.807) is 30.9 Å². The predicted octanol–water partition coefficient (Wildman–Crippen LogP) is -0.364. The lowest BCUT2D eigenvalue weighted by Gasteiger charge is -2.32. The smallest absolute Gasteiger partial charge is 0.254 e. The molecule has 2 amide bonds. The summed E-state index contributed by atoms with van der Waals surface area (Å²) in [5.41, 5.74) is 3.59. The van der Waals surface area contributed by atoms with Gasteiger partial charge in [-0.15, -0.1) is 0 Å². The minimum absolute atomic E-state index is 0.137. The second kappa shape index (κ2) is 5.23. The van der Waals surface area contributed by atoms with Gasteiger partial charge in [0.2, 0.25) is 5.91 Å². The zero-order valence-corrected chi connectivity index (χ0v) is 10.9. The van der Waals surface area contributed by atoms with Crippen LogP contribution in [0.5, 0.6) is 0 Å². The number of aryl methyl sites for hydroxylation is 1. The first-order valence-electron chi connectivity index (χ1n) is 6.07. The van der Waals surface area contributed by atoms with Crippen LogP contribution >= 0.6 is 0 Å². The zero-order valence-electron chi connectivity index (χ0n) is 10.9. The molecule has 0 radical (unpaired) electrons. The number of nitrogens with zero attached hydrogens (tertiary/aromatic N) is 2. The summed E-state index contributed by atoms with van der Waals surface area (Å²) in [7, 11) is 0. The molecule has 1 aliphatic heterocycles. The average Bonchev–Trinajstić information content (AvgIpc) is 2.40. The molecule has 1 aliphatic rings. The fourth-order valence-electron chi connectivity index (χ4n) is 2.09. The molecule has 1 fully saturated rings. The summed E-state index contributed by atoms with van der Waals surface area (Å²) >= 11 is 0. The number of piperazine rings is 1. The molecule has 0 aliphatic carbocycles. The van der Waals surface area contributed by atoms with E-state index in [1.165, 1.54) is 0 Å². The summed E-state index contributed by atoms with van der Waals surface area (Å²) in [5, 5.41) is 2.72. The van der Waals surface area contributed by atoms with Gasteiger partial charge in [0.05, 0.1) is 0 Å². The molecule has 2 rings (SSSR count). The van der Waals surface area contributed by atoms with Crippen LogP contribution in [-0.4, -0.2) is 40.8 Å². The third-order valence-corrected chi connectivity index (χ3v) is 3.11. The van der Waals surface area contributed by atoms with Gasteiger partial charge in [0.1, 0.15) is 11.9 Å². The minimum Gasteiger partial charge on any atom is -0.353 e. The molecule has 1 unspecified atom stereocenters. The summed E-state index contributed by atoms with van der Waals surface area (Å²) in [6.07, 6.45) is 0. The molecule has 19 heavy (non-hydrogen) atoms. The maximum atomic E-state index is 12.4. The van der Waals surface area contributed by atoms with Crippen LogP contribution in [0.2, 0.25) is 0 Å². The highest BCUT2D eigenvalue weighted by Crippen LogP contribution is 2.14. The molecule has 0 aromatic carbocycles. The first kappa shape index (κ1) is 13.3. The Morgan fingerprint density at radius 2 is 2.32 bits per heavy atom. The molecule has 2 heterocycles. The van der Waals surface area contributed by atoms with Crippen LogP contribution in [0.4, 0.5) is 5.82 Å². The quantitative estimate of drug-likeness (QED) is 0.499. The van der Waals surface area contributed by atoms with Gasteiger partial charge < -0.3 is 15.6 Å². The Kier molecular flexibility index (Phi) is 3.66. The van der Waals surface area contributed by atoms with Crippen molar-refractivity contribution >= 4 is 17.6 Å². The molecule has 1 atom stereocenters. The Bertz CT molecular complexity index is 517. The van der Waals surface area contributed by atoms with Gasteiger partial charge in [0.15, 0.2) is 0 Å². The average molecular weight is 263 g/mol. The molecule has 0 saturated carbocycles. The highest BCUT2D eigenvalue weighted by molar-refractivity contribution is 5.98. The van der Waals surface area contributed by atoms with E-state index in [2.05, 4.69) is 15.7 Å². The number of amides is 2. The fourth-order valence-corrected chi connectivity index (χ4v) is 2.09. The lowest BCUT2D eigenvalue weighted by Crippen LogP contribution is -2.55. The number of rotatable bonds is 2. The number of carbonyl (C=O) groups excluding carboxylic acids is 2. The van der Waals surface area contributed by atoms with Crippen molar-refractivity contribution < 1.29 is 9.59 Å². The number of nitrogen functional groups attached to an aromatic ring is 1. The van der Waals surface area contributed by atoms with E-state index in [9.17, 15) is 9.59 Å². The summed E-state index contributed by atoms with van der Waals surface area (Å²) in [6, 6.07) is 2.79. The van der Waals surface area contributed by atoms with E-state index in [4.69, 9.17) is 5.84 Å². The normalized spacial score (nSPS) is 19.0. The standard InChI is InChI=1S/C12H17N5O2/c1-7-5-9(6-10(15-7)16-13)12(19)17-4-3-14-11(18)8(17)2/h5-6,8H,3-4,13H2,1-2H3,(H,14,18)(H,15,16). The van der Waals surface area contributed by atoms with E-state index in [-0.39, 0.29) is 11.8 Å². The summed E-state index contributed by atoms with van der Waals surface area (Å²) in [4.78, 5) is 29.7. The molecule has 1 aromatic heterocycles. The molecular formula is C12H17N5O2. The van der Waals surface area contributed by atoms with Crippen LogP contribution in [0.1, 0.15) is 23.0 Å². The Balaban J connectivity index is 2.28. The summed E-state index contributed by atoms with van der Waals surface area (Å²) in [5.74, 6) is 5.42. The number of pyridine rings is 1. The van der Waals surface area contributed by atoms with Crippen molar-refractivity contribution in [1.82, 2.24) is 15.2 Å². The van der Waals surface area contributed by atoms with Crippen molar-refractivity contribution in [2.45, 2.75) is 19.9 Å². The van der Waals surface area contributed by atoms with Gasteiger partial charge in [-0.2, -0.15) is 0 Å². The molecule has 0 spiro atoms. The zero-order chi connectivity index (χ0) is 14.0. The van der Waals surface area contributed by atoms with Gasteiger partial charge in [-0.05, 0) is 26.0 Å². The summed E-state index contributed by atoms with van der Waals surface area (Å²) < 4.78 is 0. The van der Waals surface area contributed by atoms with Crippen LogP contribution in [0.25, 0.3) is 0 Å². The number of hydrazine groups is 1. The molecular weight excluding hydrogens is 246 g/mol. The minimum atomic E-state index is -0.469. The first-order valence-corrected chi connectivity index (χ1v) is 6.07. The molecule has 7 nitrogen and oxygen atoms in total. The van der Waals surface area contributed by atoms with E-state index in [0.29, 0.717) is 30.2 Å². The van der Waals surface area contributed by atoms with E-state index < -0.39 is 6.04 Å². The fraction of sp³-hybridized carbons (Fsp3) is 0.417. The van der Waals surface area contributed by atoms with Crippen LogP contribution in [0.3, 0.4) is 0 Å². The van der Waals surface area contributed by atoms with Crippen LogP contribution in [-0.2, 0) is 4.79 Å². The predicted molar refractivity (Wildman–Crippen MR) is 70.3 cm³/mol. The van der Waals surface area contributed by atoms with Gasteiger partial charge in [-0.3, -0.25) is 9.59 Å². The number of nitrogens with two attached hydrogens (primary N) is 1. The van der Waals surface area contributed by atoms with Crippen molar-refractivity contribution in [2.24, 2.45) is 5.84 Å². The number of anilines is 1. The molecule has 4 N–H and O–H groups in total. The highest BCUT2D eigenvalue weighted by Gasteiger charge is 2.30. The van der Waals surface area contributed by atoms with E-state index >= 15 is 0 Å². The van der Waals surface area contributed by atoms with Crippen molar-refractivity contribution in [3.05, 3.63) is 23.4 Å². The van der Waals surface area contributed by atoms with Crippen LogP contribution in [0.15, 0.2) is 12.1 Å². The number of carbonyl (C=O) groups is 2. The van der Waals surface area contributed by atoms with Crippen molar-refractivity contribution in [3.63, 3.8) is 0 Å². The number of hydrogen-bond donors (Lipinski definition) is 3. The van der Waals surface area contributed by atoms with Gasteiger partial charge in [0.25, 0.3) is 5.91 Å². The Morgan fingerprint density at radius 3 is 3.00 bits per heavy atom. The number of hydrogen-bond acceptors (Lipinski definition) is 5. The first-order chi connectivity index (χ1) is 9.02. The van der Waals surface area contributed by atoms with Gasteiger partial charge >= 0.3 is 0 Å². The van der Waals surface area contributed by atoms with Gasteiger partial charge in [0, 0.05) is 24.3 Å². The van der Waals surface area contributed by atoms with Crippen molar-refractivity contribution in [2.75, 3.05) is 18.5 Å². The molecule has 1 saturated heterocycles. The maximum absolute atomic E-state index is 12.4. The molecule has 0 bridgehead atoms. The van der Waals surface area contributed by atoms with Crippen LogP contribution < -0.4 is 16.6 Å². The molecule has 7 heteroatoms. The van der Waals surface area contributed by atoms with Gasteiger partial charge in [-0.25, -0.2) is 10.8 Å². The van der Waals surface area contributed by atoms with Crippen molar-refractivity contribution in [3.8, 4) is 0 Å². The molecule has 1 aromatic rings. The van der Waals surface area contributed by atoms with E-state index in [0.717, 1.165) is 0 Å². The Hall–Kier alpha value is -2.15. The Labute approximate surface area is 111 Å². The lowest BCUT2D eigenvalue weighted by molar-refractivity contribution is -0.127. The number of aromatic nitrogens is 1. The second-order valence-corrected chi connectivity index (χ2v) is 4.49. The topological polar surface area (TPSA) is 100 Å². The third kappa shape index (κ3) is 2.65. The van der Waals surface area contributed by atoms with Gasteiger partial charge in [-0.1, -0.05) is 0 Å². The maximum Gasteiger partial charge on any atom is 0.254 e. The SMILES string of the molecule is Cc1cc(C(=O)N2CCNC(=O)C2C)cc(NN)n1. The van der Waals surface area contributed by atoms with E-state index in [1.807, 2.05) is 0 Å². The monoisotopic (exact) mass is 263 g/mol. The third-order valence-electron chi connectivity index (χ3n) is 3.11. The summed E-state index contributed by atoms with van der Waals surface area (Å²) in [6.45, 7) is 4.46. The highest BCUT2D eigenvalue weighted by atomic mass is 16.2.